The summed E-state index contributed by atoms with van der Waals surface area (Å²) in [6, 6.07) is 17.1. The zero-order chi connectivity index (χ0) is 26.7. The third-order valence-electron chi connectivity index (χ3n) is 5.39. The maximum absolute atomic E-state index is 11.4. The molecule has 0 saturated heterocycles. The third kappa shape index (κ3) is 17.7. The first-order valence-corrected chi connectivity index (χ1v) is 15.3. The average molecular weight is 722 g/mol. The number of esters is 1. The van der Waals surface area contributed by atoms with Gasteiger partial charge in [-0.1, -0.05) is 62.1 Å². The van der Waals surface area contributed by atoms with Crippen molar-refractivity contribution >= 4 is 51.2 Å². The van der Waals surface area contributed by atoms with Crippen LogP contribution in [0.4, 0.5) is 0 Å². The van der Waals surface area contributed by atoms with Gasteiger partial charge in [-0.3, -0.25) is 0 Å². The molecule has 0 heterocycles. The molecule has 0 bridgehead atoms. The van der Waals surface area contributed by atoms with Crippen LogP contribution in [0.25, 0.3) is 0 Å². The monoisotopic (exact) mass is 722 g/mol. The number of rotatable bonds is 15. The Balaban J connectivity index is 0.000000397. The van der Waals surface area contributed by atoms with Crippen LogP contribution in [0.1, 0.15) is 83.3 Å². The minimum atomic E-state index is -0.435. The van der Waals surface area contributed by atoms with Gasteiger partial charge in [0.05, 0.1) is 0 Å². The highest BCUT2D eigenvalue weighted by Crippen LogP contribution is 2.16. The molecule has 0 atom stereocenters. The number of unbranched alkanes of at least 4 members (excludes halogenated alkanes) is 6. The van der Waals surface area contributed by atoms with Crippen molar-refractivity contribution in [2.45, 2.75) is 90.6 Å². The maximum Gasteiger partial charge on any atom is 0.332 e. The van der Waals surface area contributed by atoms with Crippen LogP contribution >= 0.6 is 45.2 Å². The van der Waals surface area contributed by atoms with Gasteiger partial charge in [0.15, 0.2) is 0 Å². The fourth-order valence-corrected chi connectivity index (χ4v) is 4.90. The number of aliphatic hydroxyl groups excluding tert-OH is 1. The normalized spacial score (nSPS) is 11.1. The van der Waals surface area contributed by atoms with E-state index in [1.165, 1.54) is 50.4 Å². The minimum Gasteiger partial charge on any atom is -0.458 e. The van der Waals surface area contributed by atoms with Crippen molar-refractivity contribution in [1.82, 2.24) is 0 Å². The predicted octanol–water partition coefficient (Wildman–Crippen LogP) is 8.14. The molecule has 0 unspecified atom stereocenters. The van der Waals surface area contributed by atoms with E-state index < -0.39 is 5.60 Å². The molecular weight excluding hydrogens is 678 g/mol. The van der Waals surface area contributed by atoms with E-state index in [4.69, 9.17) is 14.6 Å². The quantitative estimate of drug-likeness (QED) is 0.115. The number of ether oxygens (including phenoxy) is 2. The second kappa shape index (κ2) is 20.3. The predicted molar refractivity (Wildman–Crippen MR) is 166 cm³/mol. The standard InChI is InChI=1S/C18H27IO3.C12H17IO/c1-18(2,3)22-17(20)14-21-13-9-5-4-6-10-15-11-7-8-12-16(15)19;13-12-9-5-4-8-11(12)7-3-1-2-6-10-14/h7-8,11-12H,4-6,9-10,13-14H2,1-3H3;4-5,8-9,14H,1-3,6-7,10H2. The summed E-state index contributed by atoms with van der Waals surface area (Å²) in [4.78, 5) is 11.4. The molecule has 0 aliphatic heterocycles. The van der Waals surface area contributed by atoms with Gasteiger partial charge in [-0.2, -0.15) is 0 Å². The van der Waals surface area contributed by atoms with Gasteiger partial charge in [-0.15, -0.1) is 0 Å². The Hall–Kier alpha value is -0.710. The van der Waals surface area contributed by atoms with Gasteiger partial charge in [-0.05, 0) is 128 Å². The van der Waals surface area contributed by atoms with Crippen molar-refractivity contribution in [3.8, 4) is 0 Å². The molecule has 2 aromatic carbocycles. The molecule has 202 valence electrons. The lowest BCUT2D eigenvalue weighted by molar-refractivity contribution is -0.160. The summed E-state index contributed by atoms with van der Waals surface area (Å²) in [5, 5.41) is 8.63. The number of carbonyl (C=O) groups is 1. The van der Waals surface area contributed by atoms with Crippen LogP contribution in [0.5, 0.6) is 0 Å². The Morgan fingerprint density at radius 3 is 1.69 bits per heavy atom. The summed E-state index contributed by atoms with van der Waals surface area (Å²) in [7, 11) is 0. The van der Waals surface area contributed by atoms with Crippen LogP contribution in [0.3, 0.4) is 0 Å². The van der Waals surface area contributed by atoms with E-state index in [9.17, 15) is 4.79 Å². The molecule has 0 aliphatic rings. The summed E-state index contributed by atoms with van der Waals surface area (Å²) in [5.41, 5.74) is 2.46. The lowest BCUT2D eigenvalue weighted by Gasteiger charge is -2.19. The molecule has 0 aromatic heterocycles. The molecule has 0 saturated carbocycles. The van der Waals surface area contributed by atoms with E-state index in [1.54, 1.807) is 0 Å². The van der Waals surface area contributed by atoms with Crippen molar-refractivity contribution in [3.63, 3.8) is 0 Å². The van der Waals surface area contributed by atoms with Gasteiger partial charge in [0, 0.05) is 20.4 Å². The number of carbonyl (C=O) groups excluding carboxylic acids is 1. The fourth-order valence-electron chi connectivity index (χ4n) is 3.58. The first-order chi connectivity index (χ1) is 17.2. The van der Waals surface area contributed by atoms with Gasteiger partial charge < -0.3 is 14.6 Å². The first kappa shape index (κ1) is 33.3. The average Bonchev–Trinajstić information content (AvgIpc) is 2.82. The number of hydrogen-bond donors (Lipinski definition) is 1. The molecule has 0 fully saturated rings. The Morgan fingerprint density at radius 1 is 0.750 bits per heavy atom. The van der Waals surface area contributed by atoms with Crippen LogP contribution in [-0.2, 0) is 27.1 Å². The molecule has 1 N–H and O–H groups in total. The maximum atomic E-state index is 11.4. The first-order valence-electron chi connectivity index (χ1n) is 13.1. The molecule has 0 aliphatic carbocycles. The lowest BCUT2D eigenvalue weighted by atomic mass is 10.1. The molecule has 36 heavy (non-hydrogen) atoms. The number of halogens is 2. The molecule has 6 heteroatoms. The Morgan fingerprint density at radius 2 is 1.22 bits per heavy atom. The summed E-state index contributed by atoms with van der Waals surface area (Å²) in [6.07, 6.45) is 11.4. The number of benzene rings is 2. The summed E-state index contributed by atoms with van der Waals surface area (Å²) < 4.78 is 13.2. The van der Waals surface area contributed by atoms with E-state index >= 15 is 0 Å². The highest BCUT2D eigenvalue weighted by atomic mass is 127. The Kier molecular flexibility index (Phi) is 18.8. The third-order valence-corrected chi connectivity index (χ3v) is 7.50. The van der Waals surface area contributed by atoms with Crippen LogP contribution in [0.2, 0.25) is 0 Å². The van der Waals surface area contributed by atoms with E-state index in [-0.39, 0.29) is 12.6 Å². The number of aryl methyl sites for hydroxylation is 2. The van der Waals surface area contributed by atoms with E-state index in [2.05, 4.69) is 93.7 Å². The largest absolute Gasteiger partial charge is 0.458 e. The van der Waals surface area contributed by atoms with Gasteiger partial charge in [0.2, 0.25) is 0 Å². The van der Waals surface area contributed by atoms with Crippen molar-refractivity contribution in [2.75, 3.05) is 19.8 Å². The van der Waals surface area contributed by atoms with Gasteiger partial charge in [0.25, 0.3) is 0 Å². The van der Waals surface area contributed by atoms with E-state index in [1.807, 2.05) is 20.8 Å². The Labute approximate surface area is 246 Å². The van der Waals surface area contributed by atoms with Gasteiger partial charge in [0.1, 0.15) is 12.2 Å². The lowest BCUT2D eigenvalue weighted by Crippen LogP contribution is -2.26. The van der Waals surface area contributed by atoms with Crippen molar-refractivity contribution in [2.24, 2.45) is 0 Å². The summed E-state index contributed by atoms with van der Waals surface area (Å²) in [6.45, 7) is 6.60. The number of aliphatic hydroxyl groups is 1. The summed E-state index contributed by atoms with van der Waals surface area (Å²) >= 11 is 4.78. The fraction of sp³-hybridized carbons (Fsp3) is 0.567. The number of hydrogen-bond acceptors (Lipinski definition) is 4. The molecule has 0 radical (unpaired) electrons. The summed E-state index contributed by atoms with van der Waals surface area (Å²) in [5.74, 6) is -0.286. The molecular formula is C30H44I2O4. The second-order valence-corrected chi connectivity index (χ2v) is 12.2. The topological polar surface area (TPSA) is 55.8 Å². The van der Waals surface area contributed by atoms with E-state index in [0.29, 0.717) is 13.2 Å². The zero-order valence-electron chi connectivity index (χ0n) is 22.2. The Bertz CT molecular complexity index is 849. The highest BCUT2D eigenvalue weighted by molar-refractivity contribution is 14.1. The van der Waals surface area contributed by atoms with Crippen LogP contribution in [0, 0.1) is 7.14 Å². The minimum absolute atomic E-state index is 0.0550. The SMILES string of the molecule is CC(C)(C)OC(=O)COCCCCCCc1ccccc1I.OCCCCCCc1ccccc1I. The van der Waals surface area contributed by atoms with Gasteiger partial charge in [-0.25, -0.2) is 4.79 Å². The smallest absolute Gasteiger partial charge is 0.332 e. The van der Waals surface area contributed by atoms with Crippen molar-refractivity contribution in [1.29, 1.82) is 0 Å². The van der Waals surface area contributed by atoms with Crippen LogP contribution in [-0.4, -0.2) is 36.5 Å². The molecule has 2 rings (SSSR count). The van der Waals surface area contributed by atoms with Gasteiger partial charge >= 0.3 is 5.97 Å². The van der Waals surface area contributed by atoms with Crippen LogP contribution in [0.15, 0.2) is 48.5 Å². The van der Waals surface area contributed by atoms with Crippen molar-refractivity contribution < 1.29 is 19.4 Å². The molecule has 2 aromatic rings. The van der Waals surface area contributed by atoms with E-state index in [0.717, 1.165) is 32.1 Å². The zero-order valence-corrected chi connectivity index (χ0v) is 26.6. The molecule has 0 amide bonds. The molecule has 4 nitrogen and oxygen atoms in total. The van der Waals surface area contributed by atoms with Crippen molar-refractivity contribution in [3.05, 3.63) is 66.8 Å². The molecule has 0 spiro atoms. The van der Waals surface area contributed by atoms with Crippen LogP contribution < -0.4 is 0 Å². The second-order valence-electron chi connectivity index (χ2n) is 9.87. The highest BCUT2D eigenvalue weighted by Gasteiger charge is 2.15.